The van der Waals surface area contributed by atoms with Gasteiger partial charge < -0.3 is 15.2 Å². The Hall–Kier alpha value is -1.43. The van der Waals surface area contributed by atoms with E-state index in [1.54, 1.807) is 0 Å². The van der Waals surface area contributed by atoms with Gasteiger partial charge in [-0.1, -0.05) is 6.07 Å². The van der Waals surface area contributed by atoms with Crippen molar-refractivity contribution < 1.29 is 22.6 Å². The SMILES string of the molecule is N[C@H](CF)c1ccc2c(c1)OC(F)(F)O2. The molecule has 1 aromatic rings. The Kier molecular flexibility index (Phi) is 2.22. The van der Waals surface area contributed by atoms with E-state index in [9.17, 15) is 13.2 Å². The normalized spacial score (nSPS) is 18.9. The molecule has 1 heterocycles. The first-order chi connectivity index (χ1) is 7.02. The lowest BCUT2D eigenvalue weighted by molar-refractivity contribution is -0.286. The monoisotopic (exact) mass is 219 g/mol. The van der Waals surface area contributed by atoms with Crippen LogP contribution in [-0.2, 0) is 0 Å². The number of halogens is 3. The van der Waals surface area contributed by atoms with Crippen molar-refractivity contribution in [3.63, 3.8) is 0 Å². The molecule has 6 heteroatoms. The van der Waals surface area contributed by atoms with Gasteiger partial charge in [-0.3, -0.25) is 0 Å². The summed E-state index contributed by atoms with van der Waals surface area (Å²) in [5, 5.41) is 0. The summed E-state index contributed by atoms with van der Waals surface area (Å²) in [6.07, 6.45) is -3.65. The fourth-order valence-electron chi connectivity index (χ4n) is 1.29. The van der Waals surface area contributed by atoms with Crippen molar-refractivity contribution in [2.24, 2.45) is 5.73 Å². The molecule has 3 nitrogen and oxygen atoms in total. The highest BCUT2D eigenvalue weighted by molar-refractivity contribution is 5.45. The van der Waals surface area contributed by atoms with Crippen LogP contribution in [0.3, 0.4) is 0 Å². The summed E-state index contributed by atoms with van der Waals surface area (Å²) < 4.78 is 45.8. The second kappa shape index (κ2) is 3.30. The molecular formula is C9H8F3NO2. The summed E-state index contributed by atoms with van der Waals surface area (Å²) in [5.74, 6) is -0.198. The van der Waals surface area contributed by atoms with Gasteiger partial charge in [0.1, 0.15) is 6.67 Å². The highest BCUT2D eigenvalue weighted by atomic mass is 19.3. The molecule has 2 rings (SSSR count). The summed E-state index contributed by atoms with van der Waals surface area (Å²) in [5.41, 5.74) is 5.78. The van der Waals surface area contributed by atoms with Gasteiger partial charge in [-0.15, -0.1) is 8.78 Å². The maximum Gasteiger partial charge on any atom is 0.586 e. The first kappa shape index (κ1) is 10.1. The molecule has 0 saturated carbocycles. The van der Waals surface area contributed by atoms with Gasteiger partial charge in [0.05, 0.1) is 6.04 Å². The maximum atomic E-state index is 12.6. The number of fused-ring (bicyclic) bond motifs is 1. The number of benzene rings is 1. The molecule has 0 unspecified atom stereocenters. The van der Waals surface area contributed by atoms with Crippen LogP contribution >= 0.6 is 0 Å². The smallest absolute Gasteiger partial charge is 0.395 e. The van der Waals surface area contributed by atoms with Gasteiger partial charge in [0.25, 0.3) is 0 Å². The van der Waals surface area contributed by atoms with Crippen molar-refractivity contribution in [3.05, 3.63) is 23.8 Å². The molecule has 0 amide bonds. The van der Waals surface area contributed by atoms with Gasteiger partial charge in [-0.25, -0.2) is 4.39 Å². The number of ether oxygens (including phenoxy) is 2. The zero-order chi connectivity index (χ0) is 11.1. The number of hydrogen-bond acceptors (Lipinski definition) is 3. The Morgan fingerprint density at radius 3 is 2.60 bits per heavy atom. The van der Waals surface area contributed by atoms with Crippen molar-refractivity contribution in [3.8, 4) is 11.5 Å². The number of nitrogens with two attached hydrogens (primary N) is 1. The number of rotatable bonds is 2. The minimum Gasteiger partial charge on any atom is -0.395 e. The molecule has 0 saturated heterocycles. The summed E-state index contributed by atoms with van der Waals surface area (Å²) in [6, 6.07) is 3.11. The summed E-state index contributed by atoms with van der Waals surface area (Å²) in [6.45, 7) is -0.768. The van der Waals surface area contributed by atoms with E-state index in [1.165, 1.54) is 18.2 Å². The van der Waals surface area contributed by atoms with Gasteiger partial charge in [0.15, 0.2) is 11.5 Å². The fourth-order valence-corrected chi connectivity index (χ4v) is 1.29. The second-order valence-electron chi connectivity index (χ2n) is 3.13. The number of hydrogen-bond donors (Lipinski definition) is 1. The van der Waals surface area contributed by atoms with Crippen LogP contribution in [0.5, 0.6) is 11.5 Å². The molecule has 2 N–H and O–H groups in total. The summed E-state index contributed by atoms with van der Waals surface area (Å²) in [7, 11) is 0. The first-order valence-electron chi connectivity index (χ1n) is 4.23. The lowest BCUT2D eigenvalue weighted by Crippen LogP contribution is -2.25. The molecule has 0 fully saturated rings. The Labute approximate surface area is 83.6 Å². The topological polar surface area (TPSA) is 44.5 Å². The lowest BCUT2D eigenvalue weighted by Gasteiger charge is -2.07. The standard InChI is InChI=1S/C9H8F3NO2/c10-4-6(13)5-1-2-7-8(3-5)15-9(11,12)14-7/h1-3,6H,4,13H2/t6-/m1/s1. The highest BCUT2D eigenvalue weighted by Crippen LogP contribution is 2.41. The second-order valence-corrected chi connectivity index (χ2v) is 3.13. The molecule has 0 spiro atoms. The van der Waals surface area contributed by atoms with Crippen molar-refractivity contribution in [2.45, 2.75) is 12.3 Å². The van der Waals surface area contributed by atoms with Crippen LogP contribution < -0.4 is 15.2 Å². The molecule has 0 aliphatic carbocycles. The molecular weight excluding hydrogens is 211 g/mol. The fraction of sp³-hybridized carbons (Fsp3) is 0.333. The zero-order valence-electron chi connectivity index (χ0n) is 7.54. The quantitative estimate of drug-likeness (QED) is 0.827. The van der Waals surface area contributed by atoms with Crippen LogP contribution in [0.25, 0.3) is 0 Å². The van der Waals surface area contributed by atoms with Crippen molar-refractivity contribution in [1.82, 2.24) is 0 Å². The summed E-state index contributed by atoms with van der Waals surface area (Å²) >= 11 is 0. The highest BCUT2D eigenvalue weighted by Gasteiger charge is 2.43. The molecule has 1 aliphatic rings. The summed E-state index contributed by atoms with van der Waals surface area (Å²) in [4.78, 5) is 0. The van der Waals surface area contributed by atoms with Crippen molar-refractivity contribution >= 4 is 0 Å². The average Bonchev–Trinajstić information content (AvgIpc) is 2.49. The van der Waals surface area contributed by atoms with E-state index in [2.05, 4.69) is 9.47 Å². The Balaban J connectivity index is 2.30. The molecule has 0 aromatic heterocycles. The van der Waals surface area contributed by atoms with Gasteiger partial charge in [0.2, 0.25) is 0 Å². The third-order valence-electron chi connectivity index (χ3n) is 2.02. The van der Waals surface area contributed by atoms with E-state index in [0.717, 1.165) is 0 Å². The predicted molar refractivity (Wildman–Crippen MR) is 45.5 cm³/mol. The van der Waals surface area contributed by atoms with Crippen LogP contribution in [0.4, 0.5) is 13.2 Å². The van der Waals surface area contributed by atoms with Crippen molar-refractivity contribution in [1.29, 1.82) is 0 Å². The van der Waals surface area contributed by atoms with Crippen LogP contribution in [0, 0.1) is 0 Å². The van der Waals surface area contributed by atoms with E-state index in [1.807, 2.05) is 0 Å². The Morgan fingerprint density at radius 1 is 1.27 bits per heavy atom. The number of alkyl halides is 3. The lowest BCUT2D eigenvalue weighted by atomic mass is 10.1. The van der Waals surface area contributed by atoms with Gasteiger partial charge >= 0.3 is 6.29 Å². The molecule has 1 aliphatic heterocycles. The predicted octanol–water partition coefficient (Wildman–Crippen LogP) is 1.98. The van der Waals surface area contributed by atoms with E-state index < -0.39 is 19.0 Å². The van der Waals surface area contributed by atoms with Crippen LogP contribution in [0.15, 0.2) is 18.2 Å². The minimum atomic E-state index is -3.65. The van der Waals surface area contributed by atoms with E-state index in [4.69, 9.17) is 5.73 Å². The molecule has 0 bridgehead atoms. The Bertz CT molecular complexity index is 384. The largest absolute Gasteiger partial charge is 0.586 e. The molecule has 1 aromatic carbocycles. The van der Waals surface area contributed by atoms with Crippen LogP contribution in [-0.4, -0.2) is 13.0 Å². The first-order valence-corrected chi connectivity index (χ1v) is 4.23. The van der Waals surface area contributed by atoms with E-state index >= 15 is 0 Å². The van der Waals surface area contributed by atoms with Gasteiger partial charge in [0, 0.05) is 0 Å². The molecule has 1 atom stereocenters. The third kappa shape index (κ3) is 1.85. The molecule has 15 heavy (non-hydrogen) atoms. The van der Waals surface area contributed by atoms with Gasteiger partial charge in [-0.05, 0) is 17.7 Å². The van der Waals surface area contributed by atoms with E-state index in [-0.39, 0.29) is 11.5 Å². The Morgan fingerprint density at radius 2 is 1.93 bits per heavy atom. The van der Waals surface area contributed by atoms with E-state index in [0.29, 0.717) is 5.56 Å². The van der Waals surface area contributed by atoms with Gasteiger partial charge in [-0.2, -0.15) is 0 Å². The van der Waals surface area contributed by atoms with Crippen LogP contribution in [0.1, 0.15) is 11.6 Å². The zero-order valence-corrected chi connectivity index (χ0v) is 7.54. The third-order valence-corrected chi connectivity index (χ3v) is 2.02. The van der Waals surface area contributed by atoms with Crippen LogP contribution in [0.2, 0.25) is 0 Å². The molecule has 0 radical (unpaired) electrons. The average molecular weight is 219 g/mol. The maximum absolute atomic E-state index is 12.6. The minimum absolute atomic E-state index is 0.0743. The van der Waals surface area contributed by atoms with Crippen molar-refractivity contribution in [2.75, 3.05) is 6.67 Å². The molecule has 82 valence electrons.